The third-order valence-electron chi connectivity index (χ3n) is 4.58. The fourth-order valence-electron chi connectivity index (χ4n) is 3.71. The molecule has 19 heavy (non-hydrogen) atoms. The number of likely N-dealkylation sites (tertiary alicyclic amines) is 1. The summed E-state index contributed by atoms with van der Waals surface area (Å²) in [5.74, 6) is 1.16. The van der Waals surface area contributed by atoms with E-state index in [0.717, 1.165) is 6.54 Å². The average molecular weight is 250 g/mol. The molecule has 0 spiro atoms. The molecule has 0 saturated carbocycles. The minimum Gasteiger partial charge on any atom is -0.369 e. The first kappa shape index (κ1) is 11.1. The zero-order valence-corrected chi connectivity index (χ0v) is 11.1. The predicted molar refractivity (Wildman–Crippen MR) is 78.4 cm³/mol. The Balaban J connectivity index is 1.79. The number of nitrogens with zero attached hydrogens (tertiary/aromatic N) is 1. The summed E-state index contributed by atoms with van der Waals surface area (Å²) in [6, 6.07) is 19.7. The Kier molecular flexibility index (Phi) is 2.39. The van der Waals surface area contributed by atoms with Crippen molar-refractivity contribution < 1.29 is 0 Å². The minimum absolute atomic E-state index is 0.447. The van der Waals surface area contributed by atoms with Gasteiger partial charge in [-0.25, -0.2) is 0 Å². The molecule has 0 aromatic heterocycles. The maximum atomic E-state index is 3.67. The van der Waals surface area contributed by atoms with Crippen LogP contribution in [0.15, 0.2) is 54.6 Å². The van der Waals surface area contributed by atoms with Crippen LogP contribution in [0.2, 0.25) is 0 Å². The molecule has 2 aliphatic rings. The summed E-state index contributed by atoms with van der Waals surface area (Å²) < 4.78 is 0. The molecule has 2 aromatic rings. The van der Waals surface area contributed by atoms with Crippen LogP contribution in [0.1, 0.15) is 23.0 Å². The highest BCUT2D eigenvalue weighted by Gasteiger charge is 2.46. The fourth-order valence-corrected chi connectivity index (χ4v) is 3.71. The Morgan fingerprint density at radius 1 is 1.00 bits per heavy atom. The van der Waals surface area contributed by atoms with Gasteiger partial charge in [-0.1, -0.05) is 48.5 Å². The van der Waals surface area contributed by atoms with Crippen molar-refractivity contribution in [2.45, 2.75) is 18.0 Å². The third-order valence-corrected chi connectivity index (χ3v) is 4.58. The summed E-state index contributed by atoms with van der Waals surface area (Å²) in [4.78, 5) is 2.45. The summed E-state index contributed by atoms with van der Waals surface area (Å²) in [6.45, 7) is 1.13. The average Bonchev–Trinajstić information content (AvgIpc) is 2.98. The lowest BCUT2D eigenvalue weighted by Gasteiger charge is -2.19. The van der Waals surface area contributed by atoms with Gasteiger partial charge in [0.2, 0.25) is 0 Å². The quantitative estimate of drug-likeness (QED) is 0.835. The highest BCUT2D eigenvalue weighted by atomic mass is 15.3. The predicted octanol–water partition coefficient (Wildman–Crippen LogP) is 3.25. The van der Waals surface area contributed by atoms with Crippen molar-refractivity contribution in [1.82, 2.24) is 4.90 Å². The monoisotopic (exact) mass is 250 g/mol. The van der Waals surface area contributed by atoms with Crippen molar-refractivity contribution in [2.75, 3.05) is 18.9 Å². The topological polar surface area (TPSA) is 15.3 Å². The molecule has 2 aromatic carbocycles. The molecule has 1 N–H and O–H groups in total. The second-order valence-electron chi connectivity index (χ2n) is 5.66. The lowest BCUT2D eigenvalue weighted by Crippen LogP contribution is -2.31. The highest BCUT2D eigenvalue weighted by molar-refractivity contribution is 5.61. The molecule has 0 aliphatic carbocycles. The second kappa shape index (κ2) is 4.10. The Labute approximate surface area is 114 Å². The van der Waals surface area contributed by atoms with Crippen molar-refractivity contribution >= 4 is 5.69 Å². The zero-order chi connectivity index (χ0) is 12.8. The molecule has 1 fully saturated rings. The molecule has 4 rings (SSSR count). The van der Waals surface area contributed by atoms with E-state index < -0.39 is 0 Å². The first-order chi connectivity index (χ1) is 9.34. The van der Waals surface area contributed by atoms with Gasteiger partial charge in [0.25, 0.3) is 0 Å². The van der Waals surface area contributed by atoms with Crippen LogP contribution in [0.3, 0.4) is 0 Å². The van der Waals surface area contributed by atoms with E-state index in [4.69, 9.17) is 0 Å². The summed E-state index contributed by atoms with van der Waals surface area (Å²) >= 11 is 0. The minimum atomic E-state index is 0.447. The maximum absolute atomic E-state index is 3.67. The van der Waals surface area contributed by atoms with Crippen molar-refractivity contribution in [1.29, 1.82) is 0 Å². The molecule has 2 heteroatoms. The number of nitrogens with one attached hydrogen (secondary N) is 1. The van der Waals surface area contributed by atoms with E-state index in [1.165, 1.54) is 16.8 Å². The molecule has 96 valence electrons. The molecule has 2 nitrogen and oxygen atoms in total. The fraction of sp³-hybridized carbons (Fsp3) is 0.294. The van der Waals surface area contributed by atoms with Gasteiger partial charge >= 0.3 is 0 Å². The lowest BCUT2D eigenvalue weighted by atomic mass is 9.84. The smallest absolute Gasteiger partial charge is 0.0868 e. The SMILES string of the molecule is CN1CC(c2ccccc2)C2c3ccccc3NC21. The number of para-hydroxylation sites is 1. The number of benzene rings is 2. The summed E-state index contributed by atoms with van der Waals surface area (Å²) in [5.41, 5.74) is 4.25. The molecule has 0 bridgehead atoms. The van der Waals surface area contributed by atoms with E-state index in [0.29, 0.717) is 18.0 Å². The van der Waals surface area contributed by atoms with Gasteiger partial charge < -0.3 is 5.32 Å². The van der Waals surface area contributed by atoms with Gasteiger partial charge in [0.1, 0.15) is 0 Å². The largest absolute Gasteiger partial charge is 0.369 e. The van der Waals surface area contributed by atoms with E-state index in [-0.39, 0.29) is 0 Å². The van der Waals surface area contributed by atoms with Crippen LogP contribution in [0.4, 0.5) is 5.69 Å². The number of anilines is 1. The molecule has 1 saturated heterocycles. The van der Waals surface area contributed by atoms with Crippen LogP contribution >= 0.6 is 0 Å². The standard InChI is InChI=1S/C17H18N2/c1-19-11-14(12-7-3-2-4-8-12)16-13-9-5-6-10-15(13)18-17(16)19/h2-10,14,16-18H,11H2,1H3. The Hall–Kier alpha value is -1.80. The Morgan fingerprint density at radius 2 is 1.74 bits per heavy atom. The van der Waals surface area contributed by atoms with Gasteiger partial charge in [-0.2, -0.15) is 0 Å². The van der Waals surface area contributed by atoms with Crippen LogP contribution in [-0.4, -0.2) is 24.7 Å². The van der Waals surface area contributed by atoms with Gasteiger partial charge in [0.15, 0.2) is 0 Å². The number of hydrogen-bond acceptors (Lipinski definition) is 2. The van der Waals surface area contributed by atoms with Crippen molar-refractivity contribution in [3.05, 3.63) is 65.7 Å². The Bertz CT molecular complexity index is 593. The summed E-state index contributed by atoms with van der Waals surface area (Å²) in [7, 11) is 2.22. The molecule has 3 unspecified atom stereocenters. The number of rotatable bonds is 1. The molecule has 2 aliphatic heterocycles. The highest BCUT2D eigenvalue weighted by Crippen LogP contribution is 2.49. The molecule has 2 heterocycles. The van der Waals surface area contributed by atoms with Crippen molar-refractivity contribution in [3.8, 4) is 0 Å². The first-order valence-electron chi connectivity index (χ1n) is 6.95. The van der Waals surface area contributed by atoms with Crippen LogP contribution in [0.25, 0.3) is 0 Å². The normalized spacial score (nSPS) is 28.8. The number of hydrogen-bond donors (Lipinski definition) is 1. The van der Waals surface area contributed by atoms with Gasteiger partial charge in [0.05, 0.1) is 6.17 Å². The van der Waals surface area contributed by atoms with Crippen molar-refractivity contribution in [3.63, 3.8) is 0 Å². The van der Waals surface area contributed by atoms with Gasteiger partial charge in [-0.3, -0.25) is 4.90 Å². The summed E-state index contributed by atoms with van der Waals surface area (Å²) in [5, 5.41) is 3.67. The zero-order valence-electron chi connectivity index (χ0n) is 11.1. The van der Waals surface area contributed by atoms with Gasteiger partial charge in [-0.15, -0.1) is 0 Å². The first-order valence-corrected chi connectivity index (χ1v) is 6.95. The van der Waals surface area contributed by atoms with E-state index >= 15 is 0 Å². The molecule has 0 amide bonds. The molecular weight excluding hydrogens is 232 g/mol. The van der Waals surface area contributed by atoms with Gasteiger partial charge in [-0.05, 0) is 24.2 Å². The Morgan fingerprint density at radius 3 is 2.58 bits per heavy atom. The summed E-state index contributed by atoms with van der Waals surface area (Å²) in [6.07, 6.45) is 0.447. The van der Waals surface area contributed by atoms with E-state index in [9.17, 15) is 0 Å². The molecular formula is C17H18N2. The lowest BCUT2D eigenvalue weighted by molar-refractivity contribution is 0.333. The van der Waals surface area contributed by atoms with E-state index in [2.05, 4.69) is 71.9 Å². The van der Waals surface area contributed by atoms with E-state index in [1.807, 2.05) is 0 Å². The maximum Gasteiger partial charge on any atom is 0.0868 e. The second-order valence-corrected chi connectivity index (χ2v) is 5.66. The van der Waals surface area contributed by atoms with Crippen LogP contribution in [0.5, 0.6) is 0 Å². The number of likely N-dealkylation sites (N-methyl/N-ethyl adjacent to an activating group) is 1. The van der Waals surface area contributed by atoms with Crippen LogP contribution in [-0.2, 0) is 0 Å². The van der Waals surface area contributed by atoms with Crippen LogP contribution in [0, 0.1) is 0 Å². The van der Waals surface area contributed by atoms with Gasteiger partial charge in [0, 0.05) is 24.1 Å². The molecule has 3 atom stereocenters. The van der Waals surface area contributed by atoms with E-state index in [1.54, 1.807) is 0 Å². The third kappa shape index (κ3) is 1.60. The number of fused-ring (bicyclic) bond motifs is 3. The molecule has 0 radical (unpaired) electrons. The van der Waals surface area contributed by atoms with Crippen LogP contribution < -0.4 is 5.32 Å². The van der Waals surface area contributed by atoms with Crippen molar-refractivity contribution in [2.24, 2.45) is 0 Å².